The van der Waals surface area contributed by atoms with Crippen LogP contribution >= 0.6 is 0 Å². The lowest BCUT2D eigenvalue weighted by atomic mass is 9.78. The minimum Gasteiger partial charge on any atom is -0.460 e. The number of carbonyl (C=O) groups is 2. The van der Waals surface area contributed by atoms with Crippen LogP contribution in [0.25, 0.3) is 0 Å². The highest BCUT2D eigenvalue weighted by Crippen LogP contribution is 2.35. The van der Waals surface area contributed by atoms with Crippen molar-refractivity contribution >= 4 is 11.9 Å². The maximum atomic E-state index is 11.1. The lowest BCUT2D eigenvalue weighted by Gasteiger charge is -2.38. The van der Waals surface area contributed by atoms with Crippen LogP contribution in [0.3, 0.4) is 0 Å². The Morgan fingerprint density at radius 1 is 1.28 bits per heavy atom. The number of carbonyl (C=O) groups excluding carboxylic acids is 2. The largest absolute Gasteiger partial charge is 0.460 e. The van der Waals surface area contributed by atoms with Crippen molar-refractivity contribution in [3.8, 4) is 0 Å². The maximum absolute atomic E-state index is 11.1. The van der Waals surface area contributed by atoms with Gasteiger partial charge in [-0.15, -0.1) is 0 Å². The Balaban J connectivity index is 2.76. The first-order valence-electron chi connectivity index (χ1n) is 6.26. The average molecular weight is 254 g/mol. The minimum absolute atomic E-state index is 0.162. The molecule has 1 rings (SSSR count). The molecule has 0 spiro atoms. The smallest absolute Gasteiger partial charge is 0.303 e. The SMILES string of the molecule is CC(=O)OC1C[C@H](C(C)(C)OC(C)=O)CC=C1C. The molecule has 0 saturated heterocycles. The Kier molecular flexibility index (Phi) is 4.54. The Bertz CT molecular complexity index is 368. The van der Waals surface area contributed by atoms with Crippen molar-refractivity contribution in [1.82, 2.24) is 0 Å². The predicted octanol–water partition coefficient (Wildman–Crippen LogP) is 2.62. The summed E-state index contributed by atoms with van der Waals surface area (Å²) >= 11 is 0. The molecule has 0 fully saturated rings. The van der Waals surface area contributed by atoms with Crippen molar-refractivity contribution in [1.29, 1.82) is 0 Å². The standard InChI is InChI=1S/C14H22O4/c1-9-6-7-12(8-13(9)17-10(2)15)14(4,5)18-11(3)16/h6,12-13H,7-8H2,1-5H3/t12-,13?/m1/s1. The molecule has 1 aliphatic carbocycles. The quantitative estimate of drug-likeness (QED) is 0.574. The number of allylic oxidation sites excluding steroid dienone is 1. The zero-order chi connectivity index (χ0) is 13.9. The predicted molar refractivity (Wildman–Crippen MR) is 67.9 cm³/mol. The highest BCUT2D eigenvalue weighted by Gasteiger charge is 2.37. The molecule has 1 aliphatic rings. The molecule has 4 nitrogen and oxygen atoms in total. The van der Waals surface area contributed by atoms with E-state index in [2.05, 4.69) is 6.08 Å². The van der Waals surface area contributed by atoms with E-state index in [0.717, 1.165) is 12.0 Å². The monoisotopic (exact) mass is 254 g/mol. The van der Waals surface area contributed by atoms with Gasteiger partial charge in [0, 0.05) is 19.8 Å². The van der Waals surface area contributed by atoms with E-state index in [0.29, 0.717) is 6.42 Å². The molecule has 0 aromatic carbocycles. The molecule has 2 atom stereocenters. The first-order valence-corrected chi connectivity index (χ1v) is 6.26. The summed E-state index contributed by atoms with van der Waals surface area (Å²) in [6.07, 6.45) is 3.40. The van der Waals surface area contributed by atoms with E-state index >= 15 is 0 Å². The van der Waals surface area contributed by atoms with E-state index in [1.807, 2.05) is 20.8 Å². The number of rotatable bonds is 3. The second-order valence-electron chi connectivity index (χ2n) is 5.41. The molecule has 0 radical (unpaired) electrons. The summed E-state index contributed by atoms with van der Waals surface area (Å²) in [6.45, 7) is 8.59. The highest BCUT2D eigenvalue weighted by atomic mass is 16.6. The molecular weight excluding hydrogens is 232 g/mol. The van der Waals surface area contributed by atoms with E-state index < -0.39 is 5.60 Å². The summed E-state index contributed by atoms with van der Waals surface area (Å²) in [5, 5.41) is 0. The molecule has 0 aliphatic heterocycles. The second kappa shape index (κ2) is 5.55. The first-order chi connectivity index (χ1) is 8.22. The van der Waals surface area contributed by atoms with Crippen molar-refractivity contribution in [2.75, 3.05) is 0 Å². The van der Waals surface area contributed by atoms with Gasteiger partial charge >= 0.3 is 11.9 Å². The number of esters is 2. The van der Waals surface area contributed by atoms with E-state index in [9.17, 15) is 9.59 Å². The number of ether oxygens (including phenoxy) is 2. The van der Waals surface area contributed by atoms with Crippen LogP contribution in [0.2, 0.25) is 0 Å². The topological polar surface area (TPSA) is 52.6 Å². The third kappa shape index (κ3) is 3.86. The van der Waals surface area contributed by atoms with E-state index in [1.165, 1.54) is 13.8 Å². The van der Waals surface area contributed by atoms with Crippen LogP contribution in [-0.2, 0) is 19.1 Å². The van der Waals surface area contributed by atoms with Gasteiger partial charge in [-0.25, -0.2) is 0 Å². The van der Waals surface area contributed by atoms with Crippen molar-refractivity contribution in [2.45, 2.75) is 59.2 Å². The Morgan fingerprint density at radius 3 is 2.39 bits per heavy atom. The molecule has 4 heteroatoms. The maximum Gasteiger partial charge on any atom is 0.303 e. The third-order valence-electron chi connectivity index (χ3n) is 3.43. The molecule has 0 heterocycles. The lowest BCUT2D eigenvalue weighted by molar-refractivity contribution is -0.162. The van der Waals surface area contributed by atoms with Crippen LogP contribution in [0, 0.1) is 5.92 Å². The molecule has 0 amide bonds. The van der Waals surface area contributed by atoms with Gasteiger partial charge in [-0.2, -0.15) is 0 Å². The number of hydrogen-bond acceptors (Lipinski definition) is 4. The summed E-state index contributed by atoms with van der Waals surface area (Å²) in [5.41, 5.74) is 0.529. The Morgan fingerprint density at radius 2 is 1.89 bits per heavy atom. The summed E-state index contributed by atoms with van der Waals surface area (Å²) in [5.74, 6) is -0.400. The minimum atomic E-state index is -0.540. The van der Waals surface area contributed by atoms with Crippen LogP contribution in [0.1, 0.15) is 47.5 Å². The van der Waals surface area contributed by atoms with Crippen molar-refractivity contribution < 1.29 is 19.1 Å². The highest BCUT2D eigenvalue weighted by molar-refractivity contribution is 5.67. The molecule has 0 saturated carbocycles. The Hall–Kier alpha value is -1.32. The van der Waals surface area contributed by atoms with Gasteiger partial charge in [0.1, 0.15) is 11.7 Å². The van der Waals surface area contributed by atoms with Crippen LogP contribution in [0.4, 0.5) is 0 Å². The van der Waals surface area contributed by atoms with Crippen molar-refractivity contribution in [3.63, 3.8) is 0 Å². The molecule has 1 unspecified atom stereocenters. The average Bonchev–Trinajstić information content (AvgIpc) is 2.18. The van der Waals surface area contributed by atoms with Crippen molar-refractivity contribution in [3.05, 3.63) is 11.6 Å². The van der Waals surface area contributed by atoms with Crippen LogP contribution < -0.4 is 0 Å². The molecular formula is C14H22O4. The van der Waals surface area contributed by atoms with Gasteiger partial charge in [0.25, 0.3) is 0 Å². The van der Waals surface area contributed by atoms with Crippen LogP contribution in [0.5, 0.6) is 0 Å². The van der Waals surface area contributed by atoms with E-state index in [4.69, 9.17) is 9.47 Å². The first kappa shape index (κ1) is 14.7. The van der Waals surface area contributed by atoms with Gasteiger partial charge in [0.05, 0.1) is 0 Å². The van der Waals surface area contributed by atoms with Gasteiger partial charge in [-0.1, -0.05) is 6.08 Å². The van der Waals surface area contributed by atoms with E-state index in [-0.39, 0.29) is 24.0 Å². The molecule has 0 aromatic heterocycles. The summed E-state index contributed by atoms with van der Waals surface area (Å²) in [6, 6.07) is 0. The number of hydrogen-bond donors (Lipinski definition) is 0. The van der Waals surface area contributed by atoms with Gasteiger partial charge in [-0.05, 0) is 39.2 Å². The third-order valence-corrected chi connectivity index (χ3v) is 3.43. The van der Waals surface area contributed by atoms with E-state index in [1.54, 1.807) is 0 Å². The summed E-state index contributed by atoms with van der Waals surface area (Å²) in [7, 11) is 0. The second-order valence-corrected chi connectivity index (χ2v) is 5.41. The normalized spacial score (nSPS) is 24.2. The molecule has 0 aromatic rings. The zero-order valence-electron chi connectivity index (χ0n) is 11.8. The fraction of sp³-hybridized carbons (Fsp3) is 0.714. The fourth-order valence-electron chi connectivity index (χ4n) is 2.36. The fourth-order valence-corrected chi connectivity index (χ4v) is 2.36. The Labute approximate surface area is 108 Å². The summed E-state index contributed by atoms with van der Waals surface area (Å²) < 4.78 is 10.6. The van der Waals surface area contributed by atoms with Gasteiger partial charge in [-0.3, -0.25) is 9.59 Å². The molecule has 102 valence electrons. The zero-order valence-corrected chi connectivity index (χ0v) is 11.8. The summed E-state index contributed by atoms with van der Waals surface area (Å²) in [4.78, 5) is 22.2. The molecule has 18 heavy (non-hydrogen) atoms. The lowest BCUT2D eigenvalue weighted by Crippen LogP contribution is -2.40. The van der Waals surface area contributed by atoms with Gasteiger partial charge in [0.15, 0.2) is 0 Å². The van der Waals surface area contributed by atoms with Crippen LogP contribution in [0.15, 0.2) is 11.6 Å². The molecule has 0 N–H and O–H groups in total. The van der Waals surface area contributed by atoms with Gasteiger partial charge < -0.3 is 9.47 Å². The van der Waals surface area contributed by atoms with Crippen LogP contribution in [-0.4, -0.2) is 23.6 Å². The van der Waals surface area contributed by atoms with Crippen molar-refractivity contribution in [2.24, 2.45) is 5.92 Å². The molecule has 0 bridgehead atoms. The van der Waals surface area contributed by atoms with Gasteiger partial charge in [0.2, 0.25) is 0 Å².